The van der Waals surface area contributed by atoms with E-state index in [4.69, 9.17) is 5.73 Å². The maximum Gasteiger partial charge on any atom is 0.326 e. The first-order chi connectivity index (χ1) is 18.3. The Hall–Kier alpha value is -4.52. The Morgan fingerprint density at radius 1 is 1.08 bits per heavy atom. The van der Waals surface area contributed by atoms with Crippen LogP contribution in [0.25, 0.3) is 0 Å². The summed E-state index contributed by atoms with van der Waals surface area (Å²) in [5.74, 6) is -4.03. The van der Waals surface area contributed by atoms with Crippen molar-refractivity contribution in [3.63, 3.8) is 0 Å². The number of carbonyl (C=O) groups excluding carboxylic acids is 3. The number of carboxylic acids is 1. The number of non-ortho nitro benzene ring substituents is 1. The Bertz CT molecular complexity index is 1200. The van der Waals surface area contributed by atoms with Crippen LogP contribution in [0.1, 0.15) is 31.9 Å². The molecule has 0 aliphatic rings. The molecule has 0 saturated heterocycles. The van der Waals surface area contributed by atoms with Crippen LogP contribution in [0, 0.1) is 16.0 Å². The molecule has 210 valence electrons. The molecule has 0 aliphatic heterocycles. The first kappa shape index (κ1) is 30.7. The van der Waals surface area contributed by atoms with Crippen molar-refractivity contribution >= 4 is 29.4 Å². The van der Waals surface area contributed by atoms with Crippen LogP contribution in [0.2, 0.25) is 0 Å². The Labute approximate surface area is 225 Å². The fraction of sp³-hybridized carbons (Fsp3) is 0.385. The third-order valence-corrected chi connectivity index (χ3v) is 6.09. The van der Waals surface area contributed by atoms with E-state index in [2.05, 4.69) is 10.6 Å². The third-order valence-electron chi connectivity index (χ3n) is 6.09. The molecule has 0 bridgehead atoms. The molecular weight excluding hydrogens is 510 g/mol. The van der Waals surface area contributed by atoms with Crippen LogP contribution in [-0.2, 0) is 32.1 Å². The molecule has 3 amide bonds. The smallest absolute Gasteiger partial charge is 0.326 e. The van der Waals surface area contributed by atoms with E-state index in [9.17, 15) is 39.5 Å². The summed E-state index contributed by atoms with van der Waals surface area (Å²) in [5, 5.41) is 35.6. The number of rotatable bonds is 13. The second-order valence-electron chi connectivity index (χ2n) is 9.35. The maximum absolute atomic E-state index is 13.2. The molecule has 2 rings (SSSR count). The van der Waals surface area contributed by atoms with Gasteiger partial charge in [-0.05, 0) is 24.5 Å². The lowest BCUT2D eigenvalue weighted by molar-refractivity contribution is -0.385. The molecule has 0 saturated carbocycles. The second-order valence-corrected chi connectivity index (χ2v) is 9.35. The number of hydrogen-bond donors (Lipinski definition) is 5. The van der Waals surface area contributed by atoms with Gasteiger partial charge in [0.1, 0.15) is 17.8 Å². The lowest BCUT2D eigenvalue weighted by Crippen LogP contribution is -2.55. The van der Waals surface area contributed by atoms with Crippen molar-refractivity contribution in [3.8, 4) is 5.75 Å². The van der Waals surface area contributed by atoms with Gasteiger partial charge < -0.3 is 31.5 Å². The van der Waals surface area contributed by atoms with Crippen LogP contribution < -0.4 is 16.4 Å². The van der Waals surface area contributed by atoms with E-state index in [1.807, 2.05) is 0 Å². The van der Waals surface area contributed by atoms with Crippen molar-refractivity contribution in [1.29, 1.82) is 0 Å². The number of nitro benzene ring substituents is 1. The quantitative estimate of drug-likeness (QED) is 0.180. The number of amides is 3. The third kappa shape index (κ3) is 8.78. The summed E-state index contributed by atoms with van der Waals surface area (Å²) in [5.41, 5.74) is 6.43. The predicted molar refractivity (Wildman–Crippen MR) is 140 cm³/mol. The van der Waals surface area contributed by atoms with E-state index in [0.29, 0.717) is 5.56 Å². The summed E-state index contributed by atoms with van der Waals surface area (Å²) in [7, 11) is 0. The maximum atomic E-state index is 13.2. The van der Waals surface area contributed by atoms with Crippen molar-refractivity contribution in [2.45, 2.75) is 51.9 Å². The fourth-order valence-corrected chi connectivity index (χ4v) is 3.63. The van der Waals surface area contributed by atoms with Crippen molar-refractivity contribution in [2.75, 3.05) is 6.54 Å². The molecule has 13 heteroatoms. The molecule has 0 unspecified atom stereocenters. The lowest BCUT2D eigenvalue weighted by Gasteiger charge is -2.32. The van der Waals surface area contributed by atoms with Gasteiger partial charge in [-0.2, -0.15) is 0 Å². The number of carbonyl (C=O) groups is 4. The average molecular weight is 544 g/mol. The second kappa shape index (κ2) is 13.9. The molecule has 13 nitrogen and oxygen atoms in total. The number of carboxylic acid groups (broad SMARTS) is 1. The van der Waals surface area contributed by atoms with Gasteiger partial charge in [-0.15, -0.1) is 0 Å². The molecule has 0 radical (unpaired) electrons. The number of nitrogens with one attached hydrogen (secondary N) is 2. The largest absolute Gasteiger partial charge is 0.508 e. The summed E-state index contributed by atoms with van der Waals surface area (Å²) < 4.78 is 0. The topological polar surface area (TPSA) is 205 Å². The van der Waals surface area contributed by atoms with Gasteiger partial charge in [0.25, 0.3) is 5.69 Å². The first-order valence-corrected chi connectivity index (χ1v) is 12.2. The molecule has 2 aromatic carbocycles. The average Bonchev–Trinajstić information content (AvgIpc) is 2.89. The number of benzene rings is 2. The van der Waals surface area contributed by atoms with Crippen molar-refractivity contribution < 1.29 is 34.3 Å². The molecule has 0 aromatic heterocycles. The summed E-state index contributed by atoms with van der Waals surface area (Å²) in [6.45, 7) is 3.85. The van der Waals surface area contributed by atoms with E-state index >= 15 is 0 Å². The van der Waals surface area contributed by atoms with E-state index < -0.39 is 53.3 Å². The molecule has 2 aromatic rings. The molecule has 39 heavy (non-hydrogen) atoms. The molecule has 6 N–H and O–H groups in total. The first-order valence-electron chi connectivity index (χ1n) is 12.2. The number of phenols is 1. The van der Waals surface area contributed by atoms with Gasteiger partial charge in [0, 0.05) is 24.1 Å². The molecule has 0 aliphatic carbocycles. The van der Waals surface area contributed by atoms with Crippen LogP contribution in [-0.4, -0.2) is 68.4 Å². The number of phenolic OH excluding ortho intramolecular Hbond substituents is 1. The van der Waals surface area contributed by atoms with Crippen molar-refractivity contribution in [1.82, 2.24) is 15.5 Å². The molecule has 0 spiro atoms. The number of hydrogen-bond acceptors (Lipinski definition) is 8. The number of nitrogens with two attached hydrogens (primary N) is 1. The predicted octanol–water partition coefficient (Wildman–Crippen LogP) is 0.929. The van der Waals surface area contributed by atoms with Crippen LogP contribution in [0.15, 0.2) is 48.5 Å². The van der Waals surface area contributed by atoms with Crippen LogP contribution in [0.4, 0.5) is 5.69 Å². The minimum Gasteiger partial charge on any atom is -0.508 e. The van der Waals surface area contributed by atoms with Gasteiger partial charge in [0.2, 0.25) is 17.7 Å². The Morgan fingerprint density at radius 2 is 1.72 bits per heavy atom. The molecule has 0 fully saturated rings. The molecular formula is C26H33N5O8. The van der Waals surface area contributed by atoms with E-state index in [1.165, 1.54) is 6.92 Å². The number of nitrogens with zero attached hydrogens (tertiary/aromatic N) is 2. The number of aromatic hydroxyl groups is 1. The normalized spacial score (nSPS) is 13.2. The van der Waals surface area contributed by atoms with Gasteiger partial charge in [0.15, 0.2) is 0 Å². The SMILES string of the molecule is CC(C)[C@H](N)C(=O)N(Cc1cc([N+](=O)[O-])ccc1O)[C@@H](C)C(=O)NCC(=O)N[C@@H](Cc1ccccc1)C(=O)O. The van der Waals surface area contributed by atoms with Crippen molar-refractivity contribution in [3.05, 3.63) is 69.8 Å². The van der Waals surface area contributed by atoms with Crippen LogP contribution in [0.5, 0.6) is 5.75 Å². The highest BCUT2D eigenvalue weighted by Crippen LogP contribution is 2.25. The van der Waals surface area contributed by atoms with Gasteiger partial charge in [-0.1, -0.05) is 44.2 Å². The van der Waals surface area contributed by atoms with E-state index in [1.54, 1.807) is 44.2 Å². The van der Waals surface area contributed by atoms with Gasteiger partial charge in [-0.3, -0.25) is 24.5 Å². The molecule has 3 atom stereocenters. The Balaban J connectivity index is 2.15. The number of nitro groups is 1. The summed E-state index contributed by atoms with van der Waals surface area (Å²) in [6, 6.07) is 8.55. The minimum atomic E-state index is -1.25. The van der Waals surface area contributed by atoms with Crippen LogP contribution >= 0.6 is 0 Å². The van der Waals surface area contributed by atoms with Gasteiger partial charge in [0.05, 0.1) is 24.1 Å². The van der Waals surface area contributed by atoms with Crippen LogP contribution in [0.3, 0.4) is 0 Å². The lowest BCUT2D eigenvalue weighted by atomic mass is 10.0. The Morgan fingerprint density at radius 3 is 2.28 bits per heavy atom. The van der Waals surface area contributed by atoms with Gasteiger partial charge >= 0.3 is 5.97 Å². The highest BCUT2D eigenvalue weighted by molar-refractivity contribution is 5.92. The monoisotopic (exact) mass is 543 g/mol. The summed E-state index contributed by atoms with van der Waals surface area (Å²) in [4.78, 5) is 61.7. The van der Waals surface area contributed by atoms with Crippen molar-refractivity contribution in [2.24, 2.45) is 11.7 Å². The highest BCUT2D eigenvalue weighted by atomic mass is 16.6. The fourth-order valence-electron chi connectivity index (χ4n) is 3.63. The van der Waals surface area contributed by atoms with E-state index in [0.717, 1.165) is 23.1 Å². The van der Waals surface area contributed by atoms with Gasteiger partial charge in [-0.25, -0.2) is 4.79 Å². The summed E-state index contributed by atoms with van der Waals surface area (Å²) >= 11 is 0. The molecule has 0 heterocycles. The summed E-state index contributed by atoms with van der Waals surface area (Å²) in [6.07, 6.45) is 0.0360. The zero-order valence-corrected chi connectivity index (χ0v) is 21.9. The standard InChI is InChI=1S/C26H33N5O8/c1-15(2)23(27)25(35)30(14-18-12-19(31(38)39)9-10-21(18)32)16(3)24(34)28-13-22(33)29-20(26(36)37)11-17-7-5-4-6-8-17/h4-10,12,15-16,20,23,32H,11,13-14,27H2,1-3H3,(H,28,34)(H,29,33)(H,36,37)/t16-,20-,23-/m0/s1. The minimum absolute atomic E-state index is 0.0242. The number of aliphatic carboxylic acids is 1. The Kier molecular flexibility index (Phi) is 10.9. The highest BCUT2D eigenvalue weighted by Gasteiger charge is 2.32. The van der Waals surface area contributed by atoms with E-state index in [-0.39, 0.29) is 35.9 Å². The zero-order valence-electron chi connectivity index (χ0n) is 21.9. The zero-order chi connectivity index (χ0) is 29.3.